The van der Waals surface area contributed by atoms with E-state index in [4.69, 9.17) is 5.73 Å². The van der Waals surface area contributed by atoms with Crippen molar-refractivity contribution in [1.29, 1.82) is 0 Å². The van der Waals surface area contributed by atoms with Crippen molar-refractivity contribution in [3.8, 4) is 0 Å². The molecule has 0 saturated heterocycles. The van der Waals surface area contributed by atoms with Crippen LogP contribution in [0.3, 0.4) is 0 Å². The SMILES string of the molecule is CCc1cnccc1C(N)c1ccc(C(C)(C)C)cc1. The van der Waals surface area contributed by atoms with Gasteiger partial charge in [0.1, 0.15) is 0 Å². The maximum absolute atomic E-state index is 6.42. The first-order valence-corrected chi connectivity index (χ1v) is 7.22. The summed E-state index contributed by atoms with van der Waals surface area (Å²) in [6.07, 6.45) is 4.69. The van der Waals surface area contributed by atoms with Crippen molar-refractivity contribution in [2.75, 3.05) is 0 Å². The molecule has 0 aliphatic heterocycles. The van der Waals surface area contributed by atoms with Crippen LogP contribution in [-0.4, -0.2) is 4.98 Å². The van der Waals surface area contributed by atoms with Crippen LogP contribution in [0.2, 0.25) is 0 Å². The largest absolute Gasteiger partial charge is 0.320 e. The fraction of sp³-hybridized carbons (Fsp3) is 0.389. The molecular weight excluding hydrogens is 244 g/mol. The number of pyridine rings is 1. The number of nitrogens with two attached hydrogens (primary N) is 1. The monoisotopic (exact) mass is 268 g/mol. The molecule has 2 N–H and O–H groups in total. The Morgan fingerprint density at radius 3 is 2.30 bits per heavy atom. The molecule has 0 radical (unpaired) electrons. The standard InChI is InChI=1S/C18H24N2/c1-5-13-12-20-11-10-16(13)17(19)14-6-8-15(9-7-14)18(2,3)4/h6-12,17H,5,19H2,1-4H3. The van der Waals surface area contributed by atoms with Crippen LogP contribution in [0.15, 0.2) is 42.7 Å². The van der Waals surface area contributed by atoms with E-state index in [2.05, 4.69) is 56.9 Å². The zero-order chi connectivity index (χ0) is 14.8. The summed E-state index contributed by atoms with van der Waals surface area (Å²) in [6.45, 7) is 8.80. The van der Waals surface area contributed by atoms with Crippen molar-refractivity contribution < 1.29 is 0 Å². The van der Waals surface area contributed by atoms with Gasteiger partial charge in [0.2, 0.25) is 0 Å². The lowest BCUT2D eigenvalue weighted by Gasteiger charge is -2.21. The van der Waals surface area contributed by atoms with Crippen LogP contribution in [-0.2, 0) is 11.8 Å². The number of hydrogen-bond acceptors (Lipinski definition) is 2. The summed E-state index contributed by atoms with van der Waals surface area (Å²) in [7, 11) is 0. The van der Waals surface area contributed by atoms with Crippen molar-refractivity contribution in [2.45, 2.75) is 45.6 Å². The summed E-state index contributed by atoms with van der Waals surface area (Å²) in [5.74, 6) is 0. The first kappa shape index (κ1) is 14.7. The highest BCUT2D eigenvalue weighted by Crippen LogP contribution is 2.26. The lowest BCUT2D eigenvalue weighted by Crippen LogP contribution is -2.15. The molecule has 1 heterocycles. The quantitative estimate of drug-likeness (QED) is 0.914. The molecule has 1 atom stereocenters. The summed E-state index contributed by atoms with van der Waals surface area (Å²) in [6, 6.07) is 10.6. The highest BCUT2D eigenvalue weighted by atomic mass is 14.7. The minimum absolute atomic E-state index is 0.0815. The fourth-order valence-corrected chi connectivity index (χ4v) is 2.41. The summed E-state index contributed by atoms with van der Waals surface area (Å²) in [5, 5.41) is 0. The normalized spacial score (nSPS) is 13.2. The smallest absolute Gasteiger partial charge is 0.0555 e. The van der Waals surface area contributed by atoms with Gasteiger partial charge in [-0.3, -0.25) is 4.98 Å². The van der Waals surface area contributed by atoms with E-state index in [-0.39, 0.29) is 11.5 Å². The van der Waals surface area contributed by atoms with Crippen LogP contribution in [0.5, 0.6) is 0 Å². The second-order valence-corrected chi connectivity index (χ2v) is 6.28. The van der Waals surface area contributed by atoms with E-state index in [1.165, 1.54) is 16.7 Å². The Balaban J connectivity index is 2.32. The van der Waals surface area contributed by atoms with Crippen molar-refractivity contribution in [2.24, 2.45) is 5.73 Å². The van der Waals surface area contributed by atoms with Gasteiger partial charge in [-0.05, 0) is 40.2 Å². The first-order valence-electron chi connectivity index (χ1n) is 7.22. The highest BCUT2D eigenvalue weighted by molar-refractivity contribution is 5.37. The van der Waals surface area contributed by atoms with E-state index in [0.717, 1.165) is 12.0 Å². The molecule has 2 heteroatoms. The number of aromatic nitrogens is 1. The lowest BCUT2D eigenvalue weighted by atomic mass is 9.85. The third kappa shape index (κ3) is 3.07. The molecule has 106 valence electrons. The summed E-state index contributed by atoms with van der Waals surface area (Å²) < 4.78 is 0. The van der Waals surface area contributed by atoms with Gasteiger partial charge in [0.15, 0.2) is 0 Å². The number of nitrogens with zero attached hydrogens (tertiary/aromatic N) is 1. The van der Waals surface area contributed by atoms with E-state index >= 15 is 0 Å². The molecule has 0 spiro atoms. The second-order valence-electron chi connectivity index (χ2n) is 6.28. The number of hydrogen-bond donors (Lipinski definition) is 1. The van der Waals surface area contributed by atoms with Crippen LogP contribution in [0.4, 0.5) is 0 Å². The summed E-state index contributed by atoms with van der Waals surface area (Å²) >= 11 is 0. The minimum atomic E-state index is -0.0815. The zero-order valence-corrected chi connectivity index (χ0v) is 12.9. The van der Waals surface area contributed by atoms with Crippen molar-refractivity contribution in [3.63, 3.8) is 0 Å². The third-order valence-electron chi connectivity index (χ3n) is 3.79. The van der Waals surface area contributed by atoms with Gasteiger partial charge in [0, 0.05) is 12.4 Å². The van der Waals surface area contributed by atoms with Crippen LogP contribution < -0.4 is 5.73 Å². The summed E-state index contributed by atoms with van der Waals surface area (Å²) in [4.78, 5) is 4.18. The van der Waals surface area contributed by atoms with Gasteiger partial charge in [-0.25, -0.2) is 0 Å². The maximum Gasteiger partial charge on any atom is 0.0555 e. The van der Waals surface area contributed by atoms with E-state index in [1.54, 1.807) is 0 Å². The predicted molar refractivity (Wildman–Crippen MR) is 84.8 cm³/mol. The number of rotatable bonds is 3. The zero-order valence-electron chi connectivity index (χ0n) is 12.9. The molecule has 1 aromatic carbocycles. The van der Waals surface area contributed by atoms with Gasteiger partial charge >= 0.3 is 0 Å². The van der Waals surface area contributed by atoms with Gasteiger partial charge < -0.3 is 5.73 Å². The van der Waals surface area contributed by atoms with Crippen molar-refractivity contribution >= 4 is 0 Å². The van der Waals surface area contributed by atoms with Crippen LogP contribution in [0.25, 0.3) is 0 Å². The maximum atomic E-state index is 6.42. The number of benzene rings is 1. The second kappa shape index (κ2) is 5.76. The molecule has 0 amide bonds. The molecular formula is C18H24N2. The van der Waals surface area contributed by atoms with Gasteiger partial charge in [-0.1, -0.05) is 52.0 Å². The van der Waals surface area contributed by atoms with E-state index < -0.39 is 0 Å². The average Bonchev–Trinajstić information content (AvgIpc) is 2.45. The average molecular weight is 268 g/mol. The summed E-state index contributed by atoms with van der Waals surface area (Å²) in [5.41, 5.74) is 11.5. The van der Waals surface area contributed by atoms with E-state index in [9.17, 15) is 0 Å². The Morgan fingerprint density at radius 2 is 1.75 bits per heavy atom. The predicted octanol–water partition coefficient (Wildman–Crippen LogP) is 3.99. The Kier molecular flexibility index (Phi) is 4.24. The third-order valence-corrected chi connectivity index (χ3v) is 3.79. The highest BCUT2D eigenvalue weighted by Gasteiger charge is 2.16. The van der Waals surface area contributed by atoms with Gasteiger partial charge in [0.05, 0.1) is 6.04 Å². The lowest BCUT2D eigenvalue weighted by molar-refractivity contribution is 0.589. The molecule has 0 bridgehead atoms. The number of aryl methyl sites for hydroxylation is 1. The fourth-order valence-electron chi connectivity index (χ4n) is 2.41. The van der Waals surface area contributed by atoms with Crippen LogP contribution in [0, 0.1) is 0 Å². The molecule has 0 aliphatic rings. The first-order chi connectivity index (χ1) is 9.43. The molecule has 20 heavy (non-hydrogen) atoms. The minimum Gasteiger partial charge on any atom is -0.320 e. The van der Waals surface area contributed by atoms with Gasteiger partial charge in [-0.2, -0.15) is 0 Å². The Bertz CT molecular complexity index is 565. The topological polar surface area (TPSA) is 38.9 Å². The Morgan fingerprint density at radius 1 is 1.10 bits per heavy atom. The molecule has 0 aliphatic carbocycles. The molecule has 1 unspecified atom stereocenters. The Labute approximate surface area is 122 Å². The van der Waals surface area contributed by atoms with Crippen molar-refractivity contribution in [1.82, 2.24) is 4.98 Å². The molecule has 2 rings (SSSR count). The van der Waals surface area contributed by atoms with E-state index in [0.29, 0.717) is 0 Å². The van der Waals surface area contributed by atoms with Crippen molar-refractivity contribution in [3.05, 3.63) is 65.0 Å². The Hall–Kier alpha value is -1.67. The van der Waals surface area contributed by atoms with E-state index in [1.807, 2.05) is 18.5 Å². The molecule has 2 aromatic rings. The van der Waals surface area contributed by atoms with Crippen LogP contribution in [0.1, 0.15) is 56.0 Å². The molecule has 2 nitrogen and oxygen atoms in total. The van der Waals surface area contributed by atoms with Gasteiger partial charge in [-0.15, -0.1) is 0 Å². The molecule has 0 saturated carbocycles. The molecule has 1 aromatic heterocycles. The molecule has 0 fully saturated rings. The van der Waals surface area contributed by atoms with Crippen LogP contribution >= 0.6 is 0 Å². The van der Waals surface area contributed by atoms with Gasteiger partial charge in [0.25, 0.3) is 0 Å².